The summed E-state index contributed by atoms with van der Waals surface area (Å²) >= 11 is 0. The second-order valence-corrected chi connectivity index (χ2v) is 6.84. The minimum absolute atomic E-state index is 0.0509. The van der Waals surface area contributed by atoms with Crippen molar-refractivity contribution in [3.63, 3.8) is 0 Å². The Balaban J connectivity index is 1.80. The van der Waals surface area contributed by atoms with Crippen LogP contribution < -0.4 is 11.1 Å². The quantitative estimate of drug-likeness (QED) is 0.254. The number of fused-ring (bicyclic) bond motifs is 1. The number of anilines is 1. The topological polar surface area (TPSA) is 118 Å². The van der Waals surface area contributed by atoms with E-state index in [9.17, 15) is 9.59 Å². The van der Waals surface area contributed by atoms with E-state index in [0.29, 0.717) is 39.1 Å². The zero-order valence-electron chi connectivity index (χ0n) is 16.6. The zero-order chi connectivity index (χ0) is 22.0. The Morgan fingerprint density at radius 2 is 1.71 bits per heavy atom. The highest BCUT2D eigenvalue weighted by Gasteiger charge is 2.20. The van der Waals surface area contributed by atoms with Gasteiger partial charge in [-0.15, -0.1) is 0 Å². The van der Waals surface area contributed by atoms with Crippen LogP contribution in [0.25, 0.3) is 22.1 Å². The minimum Gasteiger partial charge on any atom is -0.465 e. The Morgan fingerprint density at radius 1 is 0.968 bits per heavy atom. The lowest BCUT2D eigenvalue weighted by molar-refractivity contribution is 0.0601. The molecule has 7 nitrogen and oxygen atoms in total. The number of carbonyl (C=O) groups excluding carboxylic acids is 2. The monoisotopic (exact) mass is 413 g/mol. The van der Waals surface area contributed by atoms with Crippen LogP contribution in [-0.2, 0) is 4.74 Å². The first-order valence-corrected chi connectivity index (χ1v) is 9.42. The molecule has 0 aliphatic rings. The molecule has 0 radical (unpaired) electrons. The predicted molar refractivity (Wildman–Crippen MR) is 118 cm³/mol. The van der Waals surface area contributed by atoms with Gasteiger partial charge in [0.05, 0.1) is 18.9 Å². The van der Waals surface area contributed by atoms with E-state index in [1.54, 1.807) is 73.0 Å². The van der Waals surface area contributed by atoms with Gasteiger partial charge < -0.3 is 20.2 Å². The summed E-state index contributed by atoms with van der Waals surface area (Å²) in [6.07, 6.45) is 1.54. The largest absolute Gasteiger partial charge is 0.465 e. The van der Waals surface area contributed by atoms with Gasteiger partial charge in [-0.3, -0.25) is 10.2 Å². The maximum absolute atomic E-state index is 13.2. The van der Waals surface area contributed by atoms with Crippen molar-refractivity contribution in [3.05, 3.63) is 89.7 Å². The van der Waals surface area contributed by atoms with Gasteiger partial charge in [0.1, 0.15) is 11.4 Å². The summed E-state index contributed by atoms with van der Waals surface area (Å²) in [5, 5.41) is 11.1. The Bertz CT molecular complexity index is 1310. The molecular formula is C24H19N3O4. The first-order valence-electron chi connectivity index (χ1n) is 9.42. The van der Waals surface area contributed by atoms with E-state index in [2.05, 4.69) is 5.32 Å². The molecular weight excluding hydrogens is 394 g/mol. The third-order valence-corrected chi connectivity index (χ3v) is 4.91. The lowest BCUT2D eigenvalue weighted by atomic mass is 9.93. The molecule has 3 aromatic carbocycles. The van der Waals surface area contributed by atoms with E-state index in [1.165, 1.54) is 7.11 Å². The molecule has 1 aromatic heterocycles. The smallest absolute Gasteiger partial charge is 0.338 e. The maximum Gasteiger partial charge on any atom is 0.338 e. The molecule has 0 unspecified atom stereocenters. The zero-order valence-corrected chi connectivity index (χ0v) is 16.6. The maximum atomic E-state index is 13.2. The number of methoxy groups -OCH3 is 1. The molecule has 0 spiro atoms. The lowest BCUT2D eigenvalue weighted by Crippen LogP contribution is -2.15. The molecule has 0 fully saturated rings. The van der Waals surface area contributed by atoms with E-state index in [4.69, 9.17) is 20.3 Å². The first-order chi connectivity index (χ1) is 15.0. The molecule has 0 atom stereocenters. The molecule has 0 saturated heterocycles. The number of ether oxygens (including phenoxy) is 1. The molecule has 4 aromatic rings. The van der Waals surface area contributed by atoms with Gasteiger partial charge in [-0.25, -0.2) is 4.79 Å². The average Bonchev–Trinajstić information content (AvgIpc) is 3.25. The van der Waals surface area contributed by atoms with E-state index >= 15 is 0 Å². The molecule has 0 aliphatic heterocycles. The number of nitrogen functional groups attached to an aromatic ring is 1. The molecule has 4 N–H and O–H groups in total. The molecule has 31 heavy (non-hydrogen) atoms. The Hall–Kier alpha value is -4.39. The molecule has 0 aliphatic carbocycles. The summed E-state index contributed by atoms with van der Waals surface area (Å²) in [6.45, 7) is 0. The summed E-state index contributed by atoms with van der Waals surface area (Å²) in [7, 11) is 1.31. The van der Waals surface area contributed by atoms with Crippen LogP contribution in [0.1, 0.15) is 26.3 Å². The fraction of sp³-hybridized carbons (Fsp3) is 0.0417. The molecule has 0 saturated carbocycles. The molecule has 0 bridgehead atoms. The van der Waals surface area contributed by atoms with Crippen LogP contribution in [0.2, 0.25) is 0 Å². The fourth-order valence-corrected chi connectivity index (χ4v) is 3.36. The van der Waals surface area contributed by atoms with Crippen LogP contribution in [-0.4, -0.2) is 24.8 Å². The molecule has 4 rings (SSSR count). The van der Waals surface area contributed by atoms with Crippen molar-refractivity contribution < 1.29 is 18.7 Å². The highest BCUT2D eigenvalue weighted by atomic mass is 16.5. The van der Waals surface area contributed by atoms with Crippen LogP contribution in [0.3, 0.4) is 0 Å². The first kappa shape index (κ1) is 19.9. The summed E-state index contributed by atoms with van der Waals surface area (Å²) in [6, 6.07) is 18.8. The van der Waals surface area contributed by atoms with Crippen LogP contribution >= 0.6 is 0 Å². The van der Waals surface area contributed by atoms with Crippen LogP contribution in [0.4, 0.5) is 5.69 Å². The number of amidine groups is 1. The van der Waals surface area contributed by atoms with Crippen LogP contribution in [0.5, 0.6) is 0 Å². The summed E-state index contributed by atoms with van der Waals surface area (Å²) < 4.78 is 10.4. The standard InChI is InChI=1S/C24H19N3O4/c1-30-24(29)18-5-3-2-4-17(18)19-13-21-15(10-11-31-21)12-20(19)23(28)27-16-8-6-14(7-9-16)22(25)26/h2-13H,1H3,(H3,25,26)(H,27,28). The van der Waals surface area contributed by atoms with Crippen molar-refractivity contribution in [2.75, 3.05) is 12.4 Å². The van der Waals surface area contributed by atoms with E-state index < -0.39 is 5.97 Å². The number of hydrogen-bond acceptors (Lipinski definition) is 5. The van der Waals surface area contributed by atoms with Crippen molar-refractivity contribution in [1.82, 2.24) is 0 Å². The van der Waals surface area contributed by atoms with E-state index in [1.807, 2.05) is 0 Å². The van der Waals surface area contributed by atoms with Crippen molar-refractivity contribution in [2.45, 2.75) is 0 Å². The molecule has 7 heteroatoms. The van der Waals surface area contributed by atoms with Gasteiger partial charge in [-0.2, -0.15) is 0 Å². The number of rotatable bonds is 5. The highest BCUT2D eigenvalue weighted by Crippen LogP contribution is 2.32. The number of carbonyl (C=O) groups is 2. The minimum atomic E-state index is -0.499. The van der Waals surface area contributed by atoms with Gasteiger partial charge in [0.25, 0.3) is 5.91 Å². The number of nitrogens with two attached hydrogens (primary N) is 1. The van der Waals surface area contributed by atoms with Gasteiger partial charge >= 0.3 is 5.97 Å². The van der Waals surface area contributed by atoms with E-state index in [-0.39, 0.29) is 11.7 Å². The normalized spacial score (nSPS) is 10.6. The van der Waals surface area contributed by atoms with Gasteiger partial charge in [0, 0.05) is 22.2 Å². The number of amides is 1. The summed E-state index contributed by atoms with van der Waals surface area (Å²) in [5.74, 6) is -0.903. The fourth-order valence-electron chi connectivity index (χ4n) is 3.36. The Morgan fingerprint density at radius 3 is 2.42 bits per heavy atom. The SMILES string of the molecule is COC(=O)c1ccccc1-c1cc2occc2cc1C(=O)Nc1ccc(C(=N)N)cc1. The highest BCUT2D eigenvalue weighted by molar-refractivity contribution is 6.12. The van der Waals surface area contributed by atoms with Crippen LogP contribution in [0.15, 0.2) is 77.4 Å². The van der Waals surface area contributed by atoms with Crippen LogP contribution in [0, 0.1) is 5.41 Å². The lowest BCUT2D eigenvalue weighted by Gasteiger charge is -2.14. The number of nitrogens with one attached hydrogen (secondary N) is 2. The summed E-state index contributed by atoms with van der Waals surface area (Å²) in [4.78, 5) is 25.5. The number of benzene rings is 3. The van der Waals surface area contributed by atoms with Crippen molar-refractivity contribution in [1.29, 1.82) is 5.41 Å². The summed E-state index contributed by atoms with van der Waals surface area (Å²) in [5.41, 5.74) is 9.01. The Labute approximate surface area is 177 Å². The third kappa shape index (κ3) is 3.89. The second kappa shape index (κ2) is 8.16. The van der Waals surface area contributed by atoms with Crippen molar-refractivity contribution in [2.24, 2.45) is 5.73 Å². The molecule has 1 heterocycles. The van der Waals surface area contributed by atoms with Gasteiger partial charge in [-0.05, 0) is 59.7 Å². The van der Waals surface area contributed by atoms with Gasteiger partial charge in [0.2, 0.25) is 0 Å². The predicted octanol–water partition coefficient (Wildman–Crippen LogP) is 4.42. The third-order valence-electron chi connectivity index (χ3n) is 4.91. The molecule has 154 valence electrons. The Kier molecular flexibility index (Phi) is 5.24. The average molecular weight is 413 g/mol. The van der Waals surface area contributed by atoms with Gasteiger partial charge in [-0.1, -0.05) is 18.2 Å². The second-order valence-electron chi connectivity index (χ2n) is 6.84. The van der Waals surface area contributed by atoms with E-state index in [0.717, 1.165) is 5.39 Å². The number of furan rings is 1. The number of hydrogen-bond donors (Lipinski definition) is 3. The van der Waals surface area contributed by atoms with Crippen molar-refractivity contribution in [3.8, 4) is 11.1 Å². The number of esters is 1. The van der Waals surface area contributed by atoms with Crippen molar-refractivity contribution >= 4 is 34.4 Å². The van der Waals surface area contributed by atoms with Gasteiger partial charge in [0.15, 0.2) is 0 Å². The molecule has 1 amide bonds.